The van der Waals surface area contributed by atoms with Gasteiger partial charge in [-0.15, -0.1) is 0 Å². The van der Waals surface area contributed by atoms with Crippen molar-refractivity contribution in [2.45, 2.75) is 82.5 Å². The minimum atomic E-state index is -1.04. The van der Waals surface area contributed by atoms with Gasteiger partial charge in [0.05, 0.1) is 5.56 Å². The fraction of sp³-hybridized carbons (Fsp3) is 0.467. The number of primary amides is 1. The predicted octanol–water partition coefficient (Wildman–Crippen LogP) is 0.578. The molecule has 232 valence electrons. The van der Waals surface area contributed by atoms with Crippen LogP contribution in [-0.4, -0.2) is 70.2 Å². The molecule has 0 bridgehead atoms. The third-order valence-corrected chi connectivity index (χ3v) is 7.55. The number of hydrogen-bond acceptors (Lipinski definition) is 7. The van der Waals surface area contributed by atoms with E-state index in [-0.39, 0.29) is 43.1 Å². The van der Waals surface area contributed by atoms with Crippen molar-refractivity contribution < 1.29 is 19.2 Å². The minimum absolute atomic E-state index is 0.0888. The van der Waals surface area contributed by atoms with E-state index in [9.17, 15) is 19.2 Å². The first-order valence-electron chi connectivity index (χ1n) is 14.6. The number of guanidine groups is 1. The number of amides is 4. The number of rotatable bonds is 14. The molecule has 0 radical (unpaired) electrons. The predicted molar refractivity (Wildman–Crippen MR) is 164 cm³/mol. The zero-order valence-corrected chi connectivity index (χ0v) is 24.6. The largest absolute Gasteiger partial charge is 0.384 e. The number of aromatic nitrogens is 1. The van der Waals surface area contributed by atoms with Crippen LogP contribution < -0.4 is 33.6 Å². The molecule has 1 aliphatic rings. The molecule has 4 amide bonds. The average molecular weight is 594 g/mol. The fourth-order valence-electron chi connectivity index (χ4n) is 5.23. The van der Waals surface area contributed by atoms with Gasteiger partial charge in [-0.25, -0.2) is 4.98 Å². The number of anilines is 1. The average Bonchev–Trinajstić information content (AvgIpc) is 2.99. The van der Waals surface area contributed by atoms with Crippen LogP contribution in [0.5, 0.6) is 0 Å². The number of hydrogen-bond donors (Lipinski definition) is 6. The first kappa shape index (κ1) is 32.8. The lowest BCUT2D eigenvalue weighted by atomic mass is 9.92. The summed E-state index contributed by atoms with van der Waals surface area (Å²) in [4.78, 5) is 62.7. The van der Waals surface area contributed by atoms with E-state index in [0.29, 0.717) is 12.0 Å². The number of nitrogen functional groups attached to an aromatic ring is 1. The van der Waals surface area contributed by atoms with Gasteiger partial charge in [0.1, 0.15) is 23.9 Å². The van der Waals surface area contributed by atoms with E-state index in [2.05, 4.69) is 20.6 Å². The second kappa shape index (κ2) is 16.1. The van der Waals surface area contributed by atoms with Gasteiger partial charge >= 0.3 is 0 Å². The van der Waals surface area contributed by atoms with Crippen LogP contribution in [0.2, 0.25) is 0 Å². The number of aliphatic imine (C=N–C) groups is 1. The molecule has 1 heterocycles. The van der Waals surface area contributed by atoms with Gasteiger partial charge in [-0.2, -0.15) is 0 Å². The van der Waals surface area contributed by atoms with Crippen molar-refractivity contribution in [2.75, 3.05) is 12.3 Å². The quantitative estimate of drug-likeness (QED) is 0.103. The summed E-state index contributed by atoms with van der Waals surface area (Å²) >= 11 is 0. The Morgan fingerprint density at radius 2 is 1.63 bits per heavy atom. The van der Waals surface area contributed by atoms with E-state index in [0.717, 1.165) is 37.7 Å². The molecule has 0 saturated heterocycles. The van der Waals surface area contributed by atoms with Crippen molar-refractivity contribution in [1.29, 1.82) is 0 Å². The van der Waals surface area contributed by atoms with Crippen LogP contribution in [-0.2, 0) is 20.8 Å². The third-order valence-electron chi connectivity index (χ3n) is 7.55. The topological polar surface area (TPSA) is 225 Å². The maximum absolute atomic E-state index is 13.7. The van der Waals surface area contributed by atoms with Crippen molar-refractivity contribution >= 4 is 35.4 Å². The molecular weight excluding hydrogens is 550 g/mol. The number of nitrogens with two attached hydrogens (primary N) is 4. The molecule has 43 heavy (non-hydrogen) atoms. The highest BCUT2D eigenvalue weighted by molar-refractivity contribution is 5.98. The van der Waals surface area contributed by atoms with Crippen LogP contribution in [0.15, 0.2) is 53.7 Å². The molecule has 1 aromatic carbocycles. The van der Waals surface area contributed by atoms with Gasteiger partial charge in [0, 0.05) is 25.2 Å². The first-order valence-corrected chi connectivity index (χ1v) is 14.6. The van der Waals surface area contributed by atoms with E-state index in [4.69, 9.17) is 22.9 Å². The Hall–Kier alpha value is -4.68. The van der Waals surface area contributed by atoms with Gasteiger partial charge in [-0.3, -0.25) is 24.2 Å². The van der Waals surface area contributed by atoms with Gasteiger partial charge in [-0.1, -0.05) is 49.6 Å². The molecule has 0 aliphatic heterocycles. The van der Waals surface area contributed by atoms with E-state index in [1.807, 2.05) is 30.3 Å². The molecule has 3 atom stereocenters. The zero-order chi connectivity index (χ0) is 31.4. The molecule has 1 saturated carbocycles. The lowest BCUT2D eigenvalue weighted by Crippen LogP contribution is -2.58. The minimum Gasteiger partial charge on any atom is -0.384 e. The van der Waals surface area contributed by atoms with Crippen LogP contribution in [0.3, 0.4) is 0 Å². The van der Waals surface area contributed by atoms with Crippen LogP contribution >= 0.6 is 0 Å². The molecule has 1 aliphatic carbocycles. The summed E-state index contributed by atoms with van der Waals surface area (Å²) in [6, 6.07) is 9.17. The summed E-state index contributed by atoms with van der Waals surface area (Å²) < 4.78 is 0. The highest BCUT2D eigenvalue weighted by Crippen LogP contribution is 2.26. The number of benzene rings is 1. The van der Waals surface area contributed by atoms with Crippen molar-refractivity contribution in [3.8, 4) is 0 Å². The van der Waals surface area contributed by atoms with Crippen molar-refractivity contribution in [1.82, 2.24) is 20.5 Å². The Morgan fingerprint density at radius 1 is 0.953 bits per heavy atom. The maximum atomic E-state index is 13.7. The molecule has 0 spiro atoms. The highest BCUT2D eigenvalue weighted by Gasteiger charge is 2.35. The van der Waals surface area contributed by atoms with Crippen LogP contribution in [0.1, 0.15) is 67.8 Å². The fourth-order valence-corrected chi connectivity index (χ4v) is 5.23. The Balaban J connectivity index is 1.81. The number of pyridine rings is 1. The zero-order valence-electron chi connectivity index (χ0n) is 24.6. The summed E-state index contributed by atoms with van der Waals surface area (Å²) in [7, 11) is 0. The van der Waals surface area contributed by atoms with Crippen LogP contribution in [0, 0.1) is 0 Å². The SMILES string of the molecule is CC(C(=O)NC(CCCN=C(N)N)C(=O)NC(Cc1ccccc1)C(N)=O)N(C(=O)c1ccc(N)nc1)C1CCCCC1. The second-order valence-corrected chi connectivity index (χ2v) is 10.8. The van der Waals surface area contributed by atoms with Crippen molar-refractivity contribution in [3.05, 3.63) is 59.8 Å². The molecular formula is C30H43N9O4. The Labute approximate surface area is 251 Å². The summed E-state index contributed by atoms with van der Waals surface area (Å²) in [5, 5.41) is 5.50. The summed E-state index contributed by atoms with van der Waals surface area (Å²) in [6.07, 6.45) is 6.58. The first-order chi connectivity index (χ1) is 20.6. The van der Waals surface area contributed by atoms with E-state index in [1.54, 1.807) is 24.0 Å². The van der Waals surface area contributed by atoms with Crippen LogP contribution in [0.4, 0.5) is 5.82 Å². The Bertz CT molecular complexity index is 1260. The highest BCUT2D eigenvalue weighted by atomic mass is 16.2. The molecule has 1 aromatic heterocycles. The molecule has 3 unspecified atom stereocenters. The molecule has 3 rings (SSSR count). The lowest BCUT2D eigenvalue weighted by Gasteiger charge is -2.38. The molecule has 2 aromatic rings. The van der Waals surface area contributed by atoms with Crippen molar-refractivity contribution in [3.63, 3.8) is 0 Å². The number of nitrogens with zero attached hydrogens (tertiary/aromatic N) is 3. The summed E-state index contributed by atoms with van der Waals surface area (Å²) in [6.45, 7) is 1.88. The third kappa shape index (κ3) is 9.97. The van der Waals surface area contributed by atoms with Gasteiger partial charge in [-0.05, 0) is 50.3 Å². The molecule has 1 fully saturated rings. The van der Waals surface area contributed by atoms with Crippen molar-refractivity contribution in [2.24, 2.45) is 22.2 Å². The Kier molecular flexibility index (Phi) is 12.3. The van der Waals surface area contributed by atoms with Gasteiger partial charge in [0.2, 0.25) is 17.7 Å². The van der Waals surface area contributed by atoms with Gasteiger partial charge < -0.3 is 38.5 Å². The number of carbonyl (C=O) groups excluding carboxylic acids is 4. The molecule has 13 nitrogen and oxygen atoms in total. The molecule has 13 heteroatoms. The van der Waals surface area contributed by atoms with Crippen LogP contribution in [0.25, 0.3) is 0 Å². The van der Waals surface area contributed by atoms with Gasteiger partial charge in [0.25, 0.3) is 5.91 Å². The maximum Gasteiger partial charge on any atom is 0.256 e. The second-order valence-electron chi connectivity index (χ2n) is 10.8. The smallest absolute Gasteiger partial charge is 0.256 e. The van der Waals surface area contributed by atoms with Gasteiger partial charge in [0.15, 0.2) is 5.96 Å². The number of carbonyl (C=O) groups is 4. The monoisotopic (exact) mass is 593 g/mol. The normalized spacial score (nSPS) is 15.4. The standard InChI is InChI=1S/C30H43N9O4/c1-19(39(22-11-6-3-7-12-22)29(43)21-14-15-25(31)36-18-21)27(41)37-23(13-8-16-35-30(33)34)28(42)38-24(26(32)40)17-20-9-4-2-5-10-20/h2,4-5,9-10,14-15,18-19,22-24H,3,6-8,11-13,16-17H2,1H3,(H2,31,36)(H2,32,40)(H,37,41)(H,38,42)(H4,33,34,35). The lowest BCUT2D eigenvalue weighted by molar-refractivity contribution is -0.133. The molecule has 10 N–H and O–H groups in total. The number of nitrogens with one attached hydrogen (secondary N) is 2. The summed E-state index contributed by atoms with van der Waals surface area (Å²) in [5.74, 6) is -1.95. The van der Waals surface area contributed by atoms with E-state index < -0.39 is 35.8 Å². The van der Waals surface area contributed by atoms with E-state index >= 15 is 0 Å². The Morgan fingerprint density at radius 3 is 2.23 bits per heavy atom. The van der Waals surface area contributed by atoms with E-state index in [1.165, 1.54) is 6.20 Å². The summed E-state index contributed by atoms with van der Waals surface area (Å²) in [5.41, 5.74) is 23.3.